The number of hydrogen-bond donors (Lipinski definition) is 0. The fourth-order valence-corrected chi connectivity index (χ4v) is 2.26. The van der Waals surface area contributed by atoms with Crippen molar-refractivity contribution in [3.8, 4) is 0 Å². The minimum Gasteiger partial charge on any atom is -0.347 e. The molecule has 1 heterocycles. The Labute approximate surface area is 108 Å². The first-order valence-electron chi connectivity index (χ1n) is 4.98. The number of carbonyl (C=O) groups is 1. The average Bonchev–Trinajstić information content (AvgIpc) is 2.64. The Bertz CT molecular complexity index is 355. The Morgan fingerprint density at radius 2 is 2.12 bits per heavy atom. The third-order valence-corrected chi connectivity index (χ3v) is 3.40. The molecule has 0 fully saturated rings. The molecule has 0 aliphatic carbocycles. The lowest BCUT2D eigenvalue weighted by Crippen LogP contribution is -2.37. The van der Waals surface area contributed by atoms with Crippen molar-refractivity contribution >= 4 is 38.3 Å². The molecule has 0 spiro atoms. The number of amides is 1. The molecule has 7 heteroatoms. The molecule has 0 saturated heterocycles. The summed E-state index contributed by atoms with van der Waals surface area (Å²) in [4.78, 5) is 15.2. The predicted molar refractivity (Wildman–Crippen MR) is 68.8 cm³/mol. The maximum atomic E-state index is 11.6. The van der Waals surface area contributed by atoms with E-state index >= 15 is 0 Å². The first-order valence-corrected chi connectivity index (χ1v) is 6.59. The Morgan fingerprint density at radius 3 is 2.56 bits per heavy atom. The quantitative estimate of drug-likeness (QED) is 0.829. The SMILES string of the molecule is CCCN(CC(=O)N(C)C)c1nnc(Br)s1. The molecule has 0 atom stereocenters. The van der Waals surface area contributed by atoms with E-state index < -0.39 is 0 Å². The van der Waals surface area contributed by atoms with Gasteiger partial charge in [0.2, 0.25) is 11.0 Å². The van der Waals surface area contributed by atoms with E-state index in [-0.39, 0.29) is 5.91 Å². The molecular formula is C9H15BrN4OS. The van der Waals surface area contributed by atoms with Crippen molar-refractivity contribution in [3.05, 3.63) is 3.92 Å². The number of anilines is 1. The van der Waals surface area contributed by atoms with E-state index in [0.29, 0.717) is 6.54 Å². The second kappa shape index (κ2) is 6.15. The van der Waals surface area contributed by atoms with E-state index in [9.17, 15) is 4.79 Å². The third-order valence-electron chi connectivity index (χ3n) is 1.98. The van der Waals surface area contributed by atoms with Gasteiger partial charge in [-0.15, -0.1) is 10.2 Å². The van der Waals surface area contributed by atoms with E-state index in [0.717, 1.165) is 22.0 Å². The summed E-state index contributed by atoms with van der Waals surface area (Å²) in [5.74, 6) is 0.0692. The van der Waals surface area contributed by atoms with Crippen LogP contribution >= 0.6 is 27.3 Å². The molecule has 0 aromatic carbocycles. The summed E-state index contributed by atoms with van der Waals surface area (Å²) in [6.45, 7) is 3.23. The van der Waals surface area contributed by atoms with Crippen molar-refractivity contribution in [2.75, 3.05) is 32.1 Å². The molecule has 0 N–H and O–H groups in total. The van der Waals surface area contributed by atoms with Crippen molar-refractivity contribution in [2.45, 2.75) is 13.3 Å². The fraction of sp³-hybridized carbons (Fsp3) is 0.667. The van der Waals surface area contributed by atoms with Crippen LogP contribution < -0.4 is 4.90 Å². The van der Waals surface area contributed by atoms with Gasteiger partial charge in [-0.25, -0.2) is 0 Å². The molecule has 1 amide bonds. The van der Waals surface area contributed by atoms with Gasteiger partial charge < -0.3 is 9.80 Å². The highest BCUT2D eigenvalue weighted by Gasteiger charge is 2.15. The first-order chi connectivity index (χ1) is 7.54. The van der Waals surface area contributed by atoms with Crippen LogP contribution in [-0.2, 0) is 4.79 Å². The Hall–Kier alpha value is -0.690. The summed E-state index contributed by atoms with van der Waals surface area (Å²) in [7, 11) is 3.50. The monoisotopic (exact) mass is 306 g/mol. The number of likely N-dealkylation sites (N-methyl/N-ethyl adjacent to an activating group) is 1. The minimum absolute atomic E-state index is 0.0692. The van der Waals surface area contributed by atoms with Gasteiger partial charge in [0.25, 0.3) is 0 Å². The molecule has 0 saturated carbocycles. The standard InChI is InChI=1S/C9H15BrN4OS/c1-4-5-14(6-7(15)13(2)3)9-12-11-8(10)16-9/h4-6H2,1-3H3. The van der Waals surface area contributed by atoms with Crippen LogP contribution in [0.3, 0.4) is 0 Å². The van der Waals surface area contributed by atoms with Gasteiger partial charge in [0.1, 0.15) is 0 Å². The lowest BCUT2D eigenvalue weighted by Gasteiger charge is -2.21. The molecule has 1 aromatic rings. The highest BCUT2D eigenvalue weighted by atomic mass is 79.9. The molecule has 0 aliphatic rings. The second-order valence-corrected chi connectivity index (χ2v) is 5.78. The summed E-state index contributed by atoms with van der Waals surface area (Å²) < 4.78 is 0.737. The van der Waals surface area contributed by atoms with Crippen LogP contribution in [0.25, 0.3) is 0 Å². The molecule has 0 bridgehead atoms. The minimum atomic E-state index is 0.0692. The Kier molecular flexibility index (Phi) is 5.14. The van der Waals surface area contributed by atoms with Crippen LogP contribution in [0.2, 0.25) is 0 Å². The predicted octanol–water partition coefficient (Wildman–Crippen LogP) is 1.61. The average molecular weight is 307 g/mol. The molecule has 0 aliphatic heterocycles. The van der Waals surface area contributed by atoms with Gasteiger partial charge in [-0.3, -0.25) is 4.79 Å². The summed E-state index contributed by atoms with van der Waals surface area (Å²) in [6, 6.07) is 0. The smallest absolute Gasteiger partial charge is 0.241 e. The highest BCUT2D eigenvalue weighted by Crippen LogP contribution is 2.24. The molecule has 1 rings (SSSR count). The van der Waals surface area contributed by atoms with Crippen molar-refractivity contribution < 1.29 is 4.79 Å². The Balaban J connectivity index is 2.71. The molecule has 5 nitrogen and oxygen atoms in total. The lowest BCUT2D eigenvalue weighted by molar-refractivity contribution is -0.127. The van der Waals surface area contributed by atoms with Gasteiger partial charge in [-0.2, -0.15) is 0 Å². The van der Waals surface area contributed by atoms with E-state index in [2.05, 4.69) is 33.1 Å². The molecular weight excluding hydrogens is 292 g/mol. The van der Waals surface area contributed by atoms with Gasteiger partial charge >= 0.3 is 0 Å². The fourth-order valence-electron chi connectivity index (χ4n) is 1.14. The van der Waals surface area contributed by atoms with E-state index in [4.69, 9.17) is 0 Å². The van der Waals surface area contributed by atoms with Gasteiger partial charge in [0.15, 0.2) is 3.92 Å². The van der Waals surface area contributed by atoms with E-state index in [1.807, 2.05) is 4.90 Å². The number of hydrogen-bond acceptors (Lipinski definition) is 5. The summed E-state index contributed by atoms with van der Waals surface area (Å²) in [5, 5.41) is 8.70. The number of rotatable bonds is 5. The van der Waals surface area contributed by atoms with Gasteiger partial charge in [-0.1, -0.05) is 18.3 Å². The summed E-state index contributed by atoms with van der Waals surface area (Å²) >= 11 is 4.71. The van der Waals surface area contributed by atoms with E-state index in [1.54, 1.807) is 19.0 Å². The third kappa shape index (κ3) is 3.71. The van der Waals surface area contributed by atoms with Crippen molar-refractivity contribution in [3.63, 3.8) is 0 Å². The van der Waals surface area contributed by atoms with Crippen LogP contribution in [-0.4, -0.2) is 48.2 Å². The largest absolute Gasteiger partial charge is 0.347 e. The normalized spacial score (nSPS) is 10.2. The van der Waals surface area contributed by atoms with Gasteiger partial charge in [-0.05, 0) is 22.4 Å². The maximum Gasteiger partial charge on any atom is 0.241 e. The zero-order chi connectivity index (χ0) is 12.1. The van der Waals surface area contributed by atoms with Crippen molar-refractivity contribution in [2.24, 2.45) is 0 Å². The Morgan fingerprint density at radius 1 is 1.44 bits per heavy atom. The summed E-state index contributed by atoms with van der Waals surface area (Å²) in [6.07, 6.45) is 0.970. The van der Waals surface area contributed by atoms with Crippen LogP contribution in [0.4, 0.5) is 5.13 Å². The van der Waals surface area contributed by atoms with Gasteiger partial charge in [0.05, 0.1) is 6.54 Å². The number of nitrogens with zero attached hydrogens (tertiary/aromatic N) is 4. The lowest BCUT2D eigenvalue weighted by atomic mass is 10.4. The number of carbonyl (C=O) groups excluding carboxylic acids is 1. The van der Waals surface area contributed by atoms with Crippen LogP contribution in [0, 0.1) is 0 Å². The number of aromatic nitrogens is 2. The maximum absolute atomic E-state index is 11.6. The highest BCUT2D eigenvalue weighted by molar-refractivity contribution is 9.11. The van der Waals surface area contributed by atoms with Crippen LogP contribution in [0.5, 0.6) is 0 Å². The number of halogens is 1. The van der Waals surface area contributed by atoms with E-state index in [1.165, 1.54) is 11.3 Å². The molecule has 0 radical (unpaired) electrons. The van der Waals surface area contributed by atoms with Crippen LogP contribution in [0.15, 0.2) is 3.92 Å². The zero-order valence-electron chi connectivity index (χ0n) is 9.60. The summed E-state index contributed by atoms with van der Waals surface area (Å²) in [5.41, 5.74) is 0. The second-order valence-electron chi connectivity index (χ2n) is 3.55. The van der Waals surface area contributed by atoms with Crippen LogP contribution in [0.1, 0.15) is 13.3 Å². The first kappa shape index (κ1) is 13.4. The zero-order valence-corrected chi connectivity index (χ0v) is 12.0. The molecule has 0 unspecified atom stereocenters. The van der Waals surface area contributed by atoms with Gasteiger partial charge in [0, 0.05) is 20.6 Å². The molecule has 16 heavy (non-hydrogen) atoms. The van der Waals surface area contributed by atoms with Crippen molar-refractivity contribution in [1.82, 2.24) is 15.1 Å². The van der Waals surface area contributed by atoms with Crippen molar-refractivity contribution in [1.29, 1.82) is 0 Å². The molecule has 1 aromatic heterocycles. The molecule has 90 valence electrons. The topological polar surface area (TPSA) is 49.3 Å².